The Morgan fingerprint density at radius 1 is 0.462 bits per heavy atom. The van der Waals surface area contributed by atoms with Gasteiger partial charge in [-0.15, -0.1) is 0 Å². The van der Waals surface area contributed by atoms with E-state index in [1.807, 2.05) is 12.1 Å². The van der Waals surface area contributed by atoms with Gasteiger partial charge in [-0.1, -0.05) is 116 Å². The van der Waals surface area contributed by atoms with E-state index in [0.29, 0.717) is 23.7 Å². The van der Waals surface area contributed by atoms with E-state index in [-0.39, 0.29) is 0 Å². The van der Waals surface area contributed by atoms with Crippen LogP contribution in [-0.4, -0.2) is 0 Å². The Bertz CT molecular complexity index is 1280. The number of hydrogen-bond donors (Lipinski definition) is 3. The smallest absolute Gasteiger partial charge is 0.0554 e. The average molecular weight is 522 g/mol. The van der Waals surface area contributed by atoms with Gasteiger partial charge in [-0.25, -0.2) is 0 Å². The molecule has 0 saturated carbocycles. The maximum atomic E-state index is 6.33. The second kappa shape index (κ2) is 13.5. The fourth-order valence-corrected chi connectivity index (χ4v) is 5.01. The van der Waals surface area contributed by atoms with Crippen LogP contribution in [-0.2, 0) is 0 Å². The van der Waals surface area contributed by atoms with Crippen molar-refractivity contribution < 1.29 is 0 Å². The topological polar surface area (TPSA) is 64.1 Å². The molecule has 0 fully saturated rings. The highest BCUT2D eigenvalue weighted by Gasteiger charge is 2.16. The van der Waals surface area contributed by atoms with Gasteiger partial charge >= 0.3 is 0 Å². The van der Waals surface area contributed by atoms with Gasteiger partial charge in [-0.05, 0) is 92.4 Å². The minimum atomic E-state index is 0.433. The second-order valence-electron chi connectivity index (χ2n) is 11.6. The van der Waals surface area contributed by atoms with Gasteiger partial charge < -0.3 is 11.2 Å². The summed E-state index contributed by atoms with van der Waals surface area (Å²) in [6.45, 7) is 17.6. The number of hydrogen-bond acceptors (Lipinski definition) is 3. The number of nitrogens with one attached hydrogen (secondary N) is 1. The normalized spacial score (nSPS) is 11.2. The molecule has 0 radical (unpaired) electrons. The predicted octanol–water partition coefficient (Wildman–Crippen LogP) is 10.1. The molecule has 0 heterocycles. The molecule has 5 N–H and O–H groups in total. The summed E-state index contributed by atoms with van der Waals surface area (Å²) < 4.78 is 0. The molecule has 4 aromatic rings. The highest BCUT2D eigenvalue weighted by Crippen LogP contribution is 2.37. The van der Waals surface area contributed by atoms with Gasteiger partial charge in [-0.2, -0.15) is 0 Å². The zero-order chi connectivity index (χ0) is 28.7. The van der Waals surface area contributed by atoms with Gasteiger partial charge in [-0.3, -0.25) is 5.84 Å². The first-order chi connectivity index (χ1) is 18.5. The van der Waals surface area contributed by atoms with Crippen LogP contribution in [0.15, 0.2) is 84.9 Å². The summed E-state index contributed by atoms with van der Waals surface area (Å²) in [5, 5.41) is 0. The fraction of sp³-hybridized carbons (Fsp3) is 0.333. The maximum Gasteiger partial charge on any atom is 0.0554 e. The van der Waals surface area contributed by atoms with E-state index >= 15 is 0 Å². The lowest BCUT2D eigenvalue weighted by Gasteiger charge is -2.21. The van der Waals surface area contributed by atoms with Crippen molar-refractivity contribution in [2.24, 2.45) is 5.84 Å². The van der Waals surface area contributed by atoms with E-state index < -0.39 is 0 Å². The summed E-state index contributed by atoms with van der Waals surface area (Å²) >= 11 is 0. The van der Waals surface area contributed by atoms with Crippen molar-refractivity contribution in [2.45, 2.75) is 79.1 Å². The van der Waals surface area contributed by atoms with Crippen LogP contribution in [0.4, 0.5) is 11.4 Å². The number of hydrazine groups is 1. The van der Waals surface area contributed by atoms with Crippen molar-refractivity contribution in [2.75, 3.05) is 11.2 Å². The number of anilines is 2. The van der Waals surface area contributed by atoms with Crippen LogP contribution in [0, 0.1) is 0 Å². The highest BCUT2D eigenvalue weighted by molar-refractivity contribution is 5.73. The molecule has 3 heteroatoms. The van der Waals surface area contributed by atoms with Crippen molar-refractivity contribution in [3.05, 3.63) is 107 Å². The van der Waals surface area contributed by atoms with E-state index in [4.69, 9.17) is 11.6 Å². The molecule has 0 aliphatic rings. The Morgan fingerprint density at radius 2 is 0.769 bits per heavy atom. The first-order valence-electron chi connectivity index (χ1n) is 14.2. The molecule has 0 saturated heterocycles. The van der Waals surface area contributed by atoms with Gasteiger partial charge in [0.05, 0.1) is 5.69 Å². The zero-order valence-electron chi connectivity index (χ0n) is 25.0. The first kappa shape index (κ1) is 30.0. The molecule has 4 aromatic carbocycles. The van der Waals surface area contributed by atoms with Crippen LogP contribution in [0.1, 0.15) is 101 Å². The molecule has 206 valence electrons. The number of rotatable bonds is 7. The van der Waals surface area contributed by atoms with Crippen LogP contribution < -0.4 is 17.0 Å². The molecule has 0 aliphatic heterocycles. The second-order valence-corrected chi connectivity index (χ2v) is 11.6. The molecular weight excluding hydrogens is 474 g/mol. The van der Waals surface area contributed by atoms with Crippen LogP contribution >= 0.6 is 0 Å². The maximum absolute atomic E-state index is 6.33. The van der Waals surface area contributed by atoms with Crippen LogP contribution in [0.25, 0.3) is 22.3 Å². The van der Waals surface area contributed by atoms with Crippen LogP contribution in [0.2, 0.25) is 0 Å². The third-order valence-corrected chi connectivity index (χ3v) is 7.29. The molecule has 3 nitrogen and oxygen atoms in total. The summed E-state index contributed by atoms with van der Waals surface area (Å²) in [5.41, 5.74) is 21.4. The highest BCUT2D eigenvalue weighted by atomic mass is 15.2. The Kier molecular flexibility index (Phi) is 10.4. The van der Waals surface area contributed by atoms with E-state index in [9.17, 15) is 0 Å². The fourth-order valence-electron chi connectivity index (χ4n) is 5.01. The van der Waals surface area contributed by atoms with Gasteiger partial charge in [0, 0.05) is 5.69 Å². The molecule has 0 unspecified atom stereocenters. The first-order valence-corrected chi connectivity index (χ1v) is 14.2. The number of nitrogens with two attached hydrogens (primary N) is 2. The van der Waals surface area contributed by atoms with Crippen molar-refractivity contribution in [3.8, 4) is 22.3 Å². The Morgan fingerprint density at radius 3 is 1.05 bits per heavy atom. The van der Waals surface area contributed by atoms with Crippen LogP contribution in [0.3, 0.4) is 0 Å². The van der Waals surface area contributed by atoms with E-state index in [0.717, 1.165) is 11.4 Å². The lowest BCUT2D eigenvalue weighted by Crippen LogP contribution is -2.13. The quantitative estimate of drug-likeness (QED) is 0.129. The van der Waals surface area contributed by atoms with E-state index in [2.05, 4.69) is 134 Å². The van der Waals surface area contributed by atoms with Gasteiger partial charge in [0.15, 0.2) is 0 Å². The molecule has 0 atom stereocenters. The number of nitrogen functional groups attached to an aromatic ring is 2. The van der Waals surface area contributed by atoms with Gasteiger partial charge in [0.1, 0.15) is 0 Å². The van der Waals surface area contributed by atoms with Crippen LogP contribution in [0.5, 0.6) is 0 Å². The van der Waals surface area contributed by atoms with E-state index in [1.54, 1.807) is 0 Å². The molecule has 0 spiro atoms. The SMILES string of the molecule is CC(C)c1cc(-c2ccccc2)cc(C(C)C)c1N.CC(C)c1cc(-c2ccccc2)cc(C(C)C)c1NN. The van der Waals surface area contributed by atoms with Crippen molar-refractivity contribution in [1.82, 2.24) is 0 Å². The van der Waals surface area contributed by atoms with Crippen molar-refractivity contribution in [3.63, 3.8) is 0 Å². The lowest BCUT2D eigenvalue weighted by molar-refractivity contribution is 0.835. The Hall–Kier alpha value is -3.56. The summed E-state index contributed by atoms with van der Waals surface area (Å²) in [7, 11) is 0. The molecular formula is C36H47N3. The summed E-state index contributed by atoms with van der Waals surface area (Å²) in [5.74, 6) is 7.52. The minimum Gasteiger partial charge on any atom is -0.398 e. The van der Waals surface area contributed by atoms with Gasteiger partial charge in [0.25, 0.3) is 0 Å². The summed E-state index contributed by atoms with van der Waals surface area (Å²) in [6, 6.07) is 30.0. The minimum absolute atomic E-state index is 0.433. The summed E-state index contributed by atoms with van der Waals surface area (Å²) in [6.07, 6.45) is 0. The lowest BCUT2D eigenvalue weighted by atomic mass is 9.88. The molecule has 4 rings (SSSR count). The molecule has 0 aromatic heterocycles. The van der Waals surface area contributed by atoms with Gasteiger partial charge in [0.2, 0.25) is 0 Å². The summed E-state index contributed by atoms with van der Waals surface area (Å²) in [4.78, 5) is 0. The zero-order valence-corrected chi connectivity index (χ0v) is 25.0. The van der Waals surface area contributed by atoms with E-state index in [1.165, 1.54) is 44.5 Å². The third kappa shape index (κ3) is 7.30. The largest absolute Gasteiger partial charge is 0.398 e. The van der Waals surface area contributed by atoms with Crippen molar-refractivity contribution >= 4 is 11.4 Å². The average Bonchev–Trinajstić information content (AvgIpc) is 2.93. The Balaban J connectivity index is 0.000000216. The standard InChI is InChI=1S/C18H24N2.C18H23N/c1-12(2)16-10-15(14-8-6-5-7-9-14)11-17(13(3)4)18(16)20-19;1-12(2)16-10-15(14-8-6-5-7-9-14)11-17(13(3)4)18(16)19/h5-13,20H,19H2,1-4H3;5-13H,19H2,1-4H3. The monoisotopic (exact) mass is 521 g/mol. The predicted molar refractivity (Wildman–Crippen MR) is 172 cm³/mol. The molecule has 0 aliphatic carbocycles. The van der Waals surface area contributed by atoms with Crippen molar-refractivity contribution in [1.29, 1.82) is 0 Å². The molecule has 0 bridgehead atoms. The molecule has 39 heavy (non-hydrogen) atoms. The Labute approximate surface area is 236 Å². The number of benzene rings is 4. The third-order valence-electron chi connectivity index (χ3n) is 7.29. The molecule has 0 amide bonds.